The molecule has 3 N–H and O–H groups in total. The number of piperidine rings is 1. The Morgan fingerprint density at radius 2 is 2.11 bits per heavy atom. The van der Waals surface area contributed by atoms with Crippen LogP contribution in [0.4, 0.5) is 0 Å². The Morgan fingerprint density at radius 1 is 1.42 bits per heavy atom. The normalized spacial score (nSPS) is 18.5. The Hall–Kier alpha value is -0.650. The maximum atomic E-state index is 11.7. The van der Waals surface area contributed by atoms with Crippen LogP contribution in [0.3, 0.4) is 0 Å². The molecule has 1 amide bonds. The lowest BCUT2D eigenvalue weighted by Gasteiger charge is -2.23. The smallest absolute Gasteiger partial charge is 0.222 e. The van der Waals surface area contributed by atoms with Crippen molar-refractivity contribution in [3.8, 4) is 0 Å². The monoisotopic (exact) mass is 272 g/mol. The first-order valence-corrected chi connectivity index (χ1v) is 7.34. The molecule has 19 heavy (non-hydrogen) atoms. The number of amides is 1. The molecule has 0 bridgehead atoms. The van der Waals surface area contributed by atoms with Crippen LogP contribution in [0.5, 0.6) is 0 Å². The van der Waals surface area contributed by atoms with Gasteiger partial charge in [0.05, 0.1) is 25.4 Å². The number of hydrogen-bond donors (Lipinski definition) is 3. The molecule has 0 aromatic heterocycles. The quantitative estimate of drug-likeness (QED) is 0.607. The van der Waals surface area contributed by atoms with Crippen molar-refractivity contribution >= 4 is 5.91 Å². The Bertz CT molecular complexity index is 253. The van der Waals surface area contributed by atoms with Gasteiger partial charge in [-0.25, -0.2) is 0 Å². The first-order chi connectivity index (χ1) is 9.11. The molecule has 0 aromatic carbocycles. The predicted molar refractivity (Wildman–Crippen MR) is 74.9 cm³/mol. The van der Waals surface area contributed by atoms with Crippen LogP contribution < -0.4 is 10.6 Å². The lowest BCUT2D eigenvalue weighted by atomic mass is 10.0. The molecule has 5 heteroatoms. The van der Waals surface area contributed by atoms with E-state index in [0.29, 0.717) is 25.0 Å². The number of aliphatic hydroxyl groups is 1. The van der Waals surface area contributed by atoms with E-state index < -0.39 is 0 Å². The van der Waals surface area contributed by atoms with Gasteiger partial charge in [0, 0.05) is 6.42 Å². The summed E-state index contributed by atoms with van der Waals surface area (Å²) in [5.74, 6) is 0.428. The van der Waals surface area contributed by atoms with E-state index in [4.69, 9.17) is 4.74 Å². The van der Waals surface area contributed by atoms with E-state index in [0.717, 1.165) is 32.4 Å². The van der Waals surface area contributed by atoms with E-state index in [1.54, 1.807) is 0 Å². The first-order valence-electron chi connectivity index (χ1n) is 7.34. The predicted octanol–water partition coefficient (Wildman–Crippen LogP) is 0.668. The second-order valence-electron chi connectivity index (χ2n) is 5.65. The van der Waals surface area contributed by atoms with Crippen LogP contribution >= 0.6 is 0 Å². The fraction of sp³-hybridized carbons (Fsp3) is 0.929. The summed E-state index contributed by atoms with van der Waals surface area (Å²) >= 11 is 0. The fourth-order valence-electron chi connectivity index (χ4n) is 2.33. The van der Waals surface area contributed by atoms with E-state index in [9.17, 15) is 9.90 Å². The summed E-state index contributed by atoms with van der Waals surface area (Å²) in [6.07, 6.45) is 3.51. The van der Waals surface area contributed by atoms with Crippen LogP contribution in [0.15, 0.2) is 0 Å². The minimum Gasteiger partial charge on any atom is -0.394 e. The third-order valence-electron chi connectivity index (χ3n) is 3.31. The highest BCUT2D eigenvalue weighted by Crippen LogP contribution is 2.08. The van der Waals surface area contributed by atoms with E-state index in [-0.39, 0.29) is 18.6 Å². The molecule has 1 heterocycles. The number of rotatable bonds is 8. The van der Waals surface area contributed by atoms with Crippen molar-refractivity contribution in [2.45, 2.75) is 51.7 Å². The van der Waals surface area contributed by atoms with Gasteiger partial charge in [-0.1, -0.05) is 13.8 Å². The van der Waals surface area contributed by atoms with Crippen molar-refractivity contribution in [1.29, 1.82) is 0 Å². The van der Waals surface area contributed by atoms with Gasteiger partial charge < -0.3 is 20.5 Å². The van der Waals surface area contributed by atoms with Crippen LogP contribution in [-0.2, 0) is 9.53 Å². The minimum atomic E-state index is -0.133. The standard InChI is InChI=1S/C14H28N2O3/c1-11(2)9-12(10-17)16-14(18)5-8-19-13-3-6-15-7-4-13/h11-13,15,17H,3-10H2,1-2H3,(H,16,18). The average molecular weight is 272 g/mol. The number of aliphatic hydroxyl groups excluding tert-OH is 1. The third-order valence-corrected chi connectivity index (χ3v) is 3.31. The summed E-state index contributed by atoms with van der Waals surface area (Å²) in [4.78, 5) is 11.7. The first kappa shape index (κ1) is 16.4. The number of ether oxygens (including phenoxy) is 1. The van der Waals surface area contributed by atoms with E-state index in [1.807, 2.05) is 0 Å². The lowest BCUT2D eigenvalue weighted by Crippen LogP contribution is -2.39. The molecule has 0 saturated carbocycles. The molecule has 1 fully saturated rings. The van der Waals surface area contributed by atoms with Crippen LogP contribution in [-0.4, -0.2) is 49.5 Å². The SMILES string of the molecule is CC(C)CC(CO)NC(=O)CCOC1CCNCC1. The van der Waals surface area contributed by atoms with Gasteiger partial charge in [-0.2, -0.15) is 0 Å². The molecule has 1 rings (SSSR count). The summed E-state index contributed by atoms with van der Waals surface area (Å²) in [5, 5.41) is 15.3. The second-order valence-corrected chi connectivity index (χ2v) is 5.65. The topological polar surface area (TPSA) is 70.6 Å². The molecular weight excluding hydrogens is 244 g/mol. The Kier molecular flexibility index (Phi) is 8.02. The zero-order valence-corrected chi connectivity index (χ0v) is 12.2. The zero-order valence-electron chi connectivity index (χ0n) is 12.2. The van der Waals surface area contributed by atoms with Crippen molar-refractivity contribution in [2.24, 2.45) is 5.92 Å². The van der Waals surface area contributed by atoms with Gasteiger partial charge in [-0.15, -0.1) is 0 Å². The van der Waals surface area contributed by atoms with Crippen LogP contribution in [0.1, 0.15) is 39.5 Å². The van der Waals surface area contributed by atoms with Gasteiger partial charge in [0.2, 0.25) is 5.91 Å². The van der Waals surface area contributed by atoms with Crippen molar-refractivity contribution < 1.29 is 14.6 Å². The lowest BCUT2D eigenvalue weighted by molar-refractivity contribution is -0.123. The maximum absolute atomic E-state index is 11.7. The minimum absolute atomic E-state index is 0.000921. The van der Waals surface area contributed by atoms with Gasteiger partial charge in [0.25, 0.3) is 0 Å². The van der Waals surface area contributed by atoms with Gasteiger partial charge in [-0.05, 0) is 38.3 Å². The zero-order chi connectivity index (χ0) is 14.1. The molecule has 0 spiro atoms. The van der Waals surface area contributed by atoms with Crippen LogP contribution in [0.2, 0.25) is 0 Å². The second kappa shape index (κ2) is 9.28. The molecule has 0 radical (unpaired) electrons. The number of carbonyl (C=O) groups is 1. The molecule has 5 nitrogen and oxygen atoms in total. The van der Waals surface area contributed by atoms with Crippen LogP contribution in [0.25, 0.3) is 0 Å². The van der Waals surface area contributed by atoms with Crippen molar-refractivity contribution in [2.75, 3.05) is 26.3 Å². The van der Waals surface area contributed by atoms with E-state index in [1.165, 1.54) is 0 Å². The van der Waals surface area contributed by atoms with Gasteiger partial charge in [-0.3, -0.25) is 4.79 Å². The molecule has 1 aliphatic heterocycles. The summed E-state index contributed by atoms with van der Waals surface area (Å²) < 4.78 is 5.69. The van der Waals surface area contributed by atoms with E-state index in [2.05, 4.69) is 24.5 Å². The summed E-state index contributed by atoms with van der Waals surface area (Å²) in [5.41, 5.74) is 0. The third kappa shape index (κ3) is 7.50. The summed E-state index contributed by atoms with van der Waals surface area (Å²) in [6, 6.07) is -0.133. The average Bonchev–Trinajstić information content (AvgIpc) is 2.38. The fourth-order valence-corrected chi connectivity index (χ4v) is 2.33. The summed E-state index contributed by atoms with van der Waals surface area (Å²) in [7, 11) is 0. The number of carbonyl (C=O) groups excluding carboxylic acids is 1. The van der Waals surface area contributed by atoms with Crippen molar-refractivity contribution in [1.82, 2.24) is 10.6 Å². The van der Waals surface area contributed by atoms with Gasteiger partial charge >= 0.3 is 0 Å². The largest absolute Gasteiger partial charge is 0.394 e. The molecule has 1 atom stereocenters. The Labute approximate surface area is 116 Å². The molecular formula is C14H28N2O3. The molecule has 1 unspecified atom stereocenters. The summed E-state index contributed by atoms with van der Waals surface area (Å²) in [6.45, 7) is 6.62. The molecule has 1 saturated heterocycles. The van der Waals surface area contributed by atoms with Crippen molar-refractivity contribution in [3.05, 3.63) is 0 Å². The number of nitrogens with one attached hydrogen (secondary N) is 2. The van der Waals surface area contributed by atoms with Crippen LogP contribution in [0, 0.1) is 5.92 Å². The Morgan fingerprint density at radius 3 is 2.68 bits per heavy atom. The van der Waals surface area contributed by atoms with E-state index >= 15 is 0 Å². The highest BCUT2D eigenvalue weighted by Gasteiger charge is 2.15. The Balaban J connectivity index is 2.12. The molecule has 0 aromatic rings. The highest BCUT2D eigenvalue weighted by atomic mass is 16.5. The highest BCUT2D eigenvalue weighted by molar-refractivity contribution is 5.76. The molecule has 1 aliphatic rings. The van der Waals surface area contributed by atoms with Gasteiger partial charge in [0.15, 0.2) is 0 Å². The van der Waals surface area contributed by atoms with Gasteiger partial charge in [0.1, 0.15) is 0 Å². The number of hydrogen-bond acceptors (Lipinski definition) is 4. The molecule has 112 valence electrons. The maximum Gasteiger partial charge on any atom is 0.222 e. The van der Waals surface area contributed by atoms with Crippen molar-refractivity contribution in [3.63, 3.8) is 0 Å². The molecule has 0 aliphatic carbocycles.